The Labute approximate surface area is 118 Å². The van der Waals surface area contributed by atoms with Crippen LogP contribution in [-0.4, -0.2) is 47.3 Å². The fourth-order valence-electron chi connectivity index (χ4n) is 1.79. The van der Waals surface area contributed by atoms with Crippen LogP contribution in [0.25, 0.3) is 0 Å². The molecular weight excluding hydrogens is 260 g/mol. The summed E-state index contributed by atoms with van der Waals surface area (Å²) in [5.74, 6) is -0.899. The molecule has 0 spiro atoms. The maximum atomic E-state index is 11.9. The first-order valence-corrected chi connectivity index (χ1v) is 6.43. The number of carboxylic acids is 1. The molecule has 1 unspecified atom stereocenters. The number of carboxylic acid groups (broad SMARTS) is 1. The van der Waals surface area contributed by atoms with Crippen LogP contribution in [0.2, 0.25) is 0 Å². The largest absolute Gasteiger partial charge is 0.481 e. The molecule has 0 saturated carbocycles. The Kier molecular flexibility index (Phi) is 6.52. The van der Waals surface area contributed by atoms with Gasteiger partial charge in [-0.1, -0.05) is 30.3 Å². The van der Waals surface area contributed by atoms with Gasteiger partial charge < -0.3 is 20.4 Å². The highest BCUT2D eigenvalue weighted by molar-refractivity contribution is 5.74. The quantitative estimate of drug-likeness (QED) is 0.700. The van der Waals surface area contributed by atoms with Crippen molar-refractivity contribution in [2.75, 3.05) is 20.2 Å². The summed E-state index contributed by atoms with van der Waals surface area (Å²) in [4.78, 5) is 24.0. The summed E-state index contributed by atoms with van der Waals surface area (Å²) in [6.45, 7) is 0.112. The molecule has 3 N–H and O–H groups in total. The van der Waals surface area contributed by atoms with Crippen molar-refractivity contribution in [1.29, 1.82) is 0 Å². The molecule has 0 radical (unpaired) electrons. The van der Waals surface area contributed by atoms with E-state index in [1.807, 2.05) is 30.3 Å². The molecule has 1 aromatic carbocycles. The zero-order valence-electron chi connectivity index (χ0n) is 11.5. The van der Waals surface area contributed by atoms with Crippen LogP contribution < -0.4 is 5.32 Å². The van der Waals surface area contributed by atoms with Crippen LogP contribution in [0.3, 0.4) is 0 Å². The van der Waals surface area contributed by atoms with Gasteiger partial charge in [-0.15, -0.1) is 0 Å². The van der Waals surface area contributed by atoms with E-state index in [0.29, 0.717) is 6.42 Å². The third kappa shape index (κ3) is 5.27. The second kappa shape index (κ2) is 8.16. The molecular formula is C14H20N2O4. The fourth-order valence-corrected chi connectivity index (χ4v) is 1.79. The topological polar surface area (TPSA) is 89.9 Å². The first-order chi connectivity index (χ1) is 9.54. The molecule has 0 fully saturated rings. The number of aliphatic carboxylic acids is 1. The molecule has 6 nitrogen and oxygen atoms in total. The van der Waals surface area contributed by atoms with E-state index in [9.17, 15) is 9.59 Å². The molecule has 1 aromatic rings. The SMILES string of the molecule is CN(CCO)C(=O)NC(CCC(=O)O)c1ccccc1. The standard InChI is InChI=1S/C14H20N2O4/c1-16(9-10-17)14(20)15-12(7-8-13(18)19)11-5-3-2-4-6-11/h2-6,12,17H,7-10H2,1H3,(H,15,20)(H,18,19). The lowest BCUT2D eigenvalue weighted by Crippen LogP contribution is -2.40. The second-order valence-electron chi connectivity index (χ2n) is 4.49. The van der Waals surface area contributed by atoms with Gasteiger partial charge >= 0.3 is 12.0 Å². The highest BCUT2D eigenvalue weighted by atomic mass is 16.4. The van der Waals surface area contributed by atoms with Crippen molar-refractivity contribution >= 4 is 12.0 Å². The van der Waals surface area contributed by atoms with Crippen LogP contribution >= 0.6 is 0 Å². The third-order valence-corrected chi connectivity index (χ3v) is 2.93. The maximum absolute atomic E-state index is 11.9. The molecule has 2 amide bonds. The third-order valence-electron chi connectivity index (χ3n) is 2.93. The summed E-state index contributed by atoms with van der Waals surface area (Å²) >= 11 is 0. The van der Waals surface area contributed by atoms with Gasteiger partial charge in [0.1, 0.15) is 0 Å². The normalized spacial score (nSPS) is 11.7. The Balaban J connectivity index is 2.72. The summed E-state index contributed by atoms with van der Waals surface area (Å²) < 4.78 is 0. The molecule has 20 heavy (non-hydrogen) atoms. The van der Waals surface area contributed by atoms with E-state index >= 15 is 0 Å². The Bertz CT molecular complexity index is 436. The lowest BCUT2D eigenvalue weighted by Gasteiger charge is -2.23. The average molecular weight is 280 g/mol. The number of aliphatic hydroxyl groups excluding tert-OH is 1. The number of carbonyl (C=O) groups excluding carboxylic acids is 1. The van der Waals surface area contributed by atoms with Crippen molar-refractivity contribution < 1.29 is 19.8 Å². The summed E-state index contributed by atoms with van der Waals surface area (Å²) in [7, 11) is 1.57. The van der Waals surface area contributed by atoms with E-state index in [1.165, 1.54) is 4.90 Å². The highest BCUT2D eigenvalue weighted by Gasteiger charge is 2.17. The van der Waals surface area contributed by atoms with Crippen LogP contribution in [0.15, 0.2) is 30.3 Å². The van der Waals surface area contributed by atoms with Gasteiger partial charge in [-0.2, -0.15) is 0 Å². The monoisotopic (exact) mass is 280 g/mol. The predicted octanol–water partition coefficient (Wildman–Crippen LogP) is 1.23. The van der Waals surface area contributed by atoms with Crippen molar-refractivity contribution in [2.45, 2.75) is 18.9 Å². The number of likely N-dealkylation sites (N-methyl/N-ethyl adjacent to an activating group) is 1. The summed E-state index contributed by atoms with van der Waals surface area (Å²) in [6.07, 6.45) is 0.293. The minimum absolute atomic E-state index is 0.0243. The summed E-state index contributed by atoms with van der Waals surface area (Å²) in [6, 6.07) is 8.54. The number of nitrogens with zero attached hydrogens (tertiary/aromatic N) is 1. The van der Waals surface area contributed by atoms with Gasteiger partial charge in [0.15, 0.2) is 0 Å². The molecule has 0 aliphatic heterocycles. The Morgan fingerprint density at radius 3 is 2.50 bits per heavy atom. The fraction of sp³-hybridized carbons (Fsp3) is 0.429. The number of hydrogen-bond donors (Lipinski definition) is 3. The number of rotatable bonds is 7. The zero-order valence-corrected chi connectivity index (χ0v) is 11.5. The van der Waals surface area contributed by atoms with E-state index in [4.69, 9.17) is 10.2 Å². The van der Waals surface area contributed by atoms with Crippen molar-refractivity contribution in [2.24, 2.45) is 0 Å². The van der Waals surface area contributed by atoms with E-state index in [-0.39, 0.29) is 31.6 Å². The molecule has 6 heteroatoms. The van der Waals surface area contributed by atoms with Crippen LogP contribution in [-0.2, 0) is 4.79 Å². The van der Waals surface area contributed by atoms with Gasteiger partial charge in [0.05, 0.1) is 12.6 Å². The molecule has 0 aromatic heterocycles. The van der Waals surface area contributed by atoms with E-state index in [0.717, 1.165) is 5.56 Å². The van der Waals surface area contributed by atoms with Crippen molar-refractivity contribution in [1.82, 2.24) is 10.2 Å². The van der Waals surface area contributed by atoms with Gasteiger partial charge in [0.2, 0.25) is 0 Å². The highest BCUT2D eigenvalue weighted by Crippen LogP contribution is 2.18. The Morgan fingerprint density at radius 1 is 1.30 bits per heavy atom. The predicted molar refractivity (Wildman–Crippen MR) is 74.3 cm³/mol. The number of aliphatic hydroxyl groups is 1. The molecule has 0 aliphatic rings. The molecule has 0 bridgehead atoms. The van der Waals surface area contributed by atoms with Crippen LogP contribution in [0.1, 0.15) is 24.4 Å². The van der Waals surface area contributed by atoms with Crippen LogP contribution in [0.4, 0.5) is 4.79 Å². The van der Waals surface area contributed by atoms with Crippen LogP contribution in [0.5, 0.6) is 0 Å². The van der Waals surface area contributed by atoms with Crippen molar-refractivity contribution in [3.05, 3.63) is 35.9 Å². The summed E-state index contributed by atoms with van der Waals surface area (Å²) in [5.41, 5.74) is 0.861. The molecule has 0 aliphatic carbocycles. The average Bonchev–Trinajstić information content (AvgIpc) is 2.44. The van der Waals surface area contributed by atoms with Gasteiger partial charge in [-0.05, 0) is 12.0 Å². The molecule has 110 valence electrons. The van der Waals surface area contributed by atoms with Gasteiger partial charge in [0, 0.05) is 20.0 Å². The number of benzene rings is 1. The summed E-state index contributed by atoms with van der Waals surface area (Å²) in [5, 5.41) is 20.4. The Morgan fingerprint density at radius 2 is 1.95 bits per heavy atom. The lowest BCUT2D eigenvalue weighted by atomic mass is 10.0. The molecule has 1 rings (SSSR count). The number of urea groups is 1. The van der Waals surface area contributed by atoms with Crippen LogP contribution in [0, 0.1) is 0 Å². The lowest BCUT2D eigenvalue weighted by molar-refractivity contribution is -0.137. The van der Waals surface area contributed by atoms with Crippen molar-refractivity contribution in [3.63, 3.8) is 0 Å². The maximum Gasteiger partial charge on any atom is 0.317 e. The number of nitrogens with one attached hydrogen (secondary N) is 1. The first kappa shape index (κ1) is 16.0. The number of hydrogen-bond acceptors (Lipinski definition) is 3. The van der Waals surface area contributed by atoms with E-state index in [1.54, 1.807) is 7.05 Å². The number of amides is 2. The minimum Gasteiger partial charge on any atom is -0.481 e. The molecule has 0 heterocycles. The van der Waals surface area contributed by atoms with E-state index < -0.39 is 5.97 Å². The zero-order chi connectivity index (χ0) is 15.0. The second-order valence-corrected chi connectivity index (χ2v) is 4.49. The smallest absolute Gasteiger partial charge is 0.317 e. The van der Waals surface area contributed by atoms with Gasteiger partial charge in [-0.25, -0.2) is 4.79 Å². The minimum atomic E-state index is -0.899. The number of carbonyl (C=O) groups is 2. The van der Waals surface area contributed by atoms with Gasteiger partial charge in [-0.3, -0.25) is 4.79 Å². The molecule has 0 saturated heterocycles. The first-order valence-electron chi connectivity index (χ1n) is 6.43. The van der Waals surface area contributed by atoms with Crippen molar-refractivity contribution in [3.8, 4) is 0 Å². The van der Waals surface area contributed by atoms with Gasteiger partial charge in [0.25, 0.3) is 0 Å². The molecule has 1 atom stereocenters. The Hall–Kier alpha value is -2.08. The van der Waals surface area contributed by atoms with E-state index in [2.05, 4.69) is 5.32 Å².